The first-order valence-electron chi connectivity index (χ1n) is 4.32. The molecule has 3 rings (SSSR count). The quantitative estimate of drug-likeness (QED) is 0.710. The summed E-state index contributed by atoms with van der Waals surface area (Å²) in [5.41, 5.74) is 0. The van der Waals surface area contributed by atoms with Crippen LogP contribution in [0.1, 0.15) is 0 Å². The third kappa shape index (κ3) is 1.89. The van der Waals surface area contributed by atoms with E-state index in [1.807, 2.05) is 0 Å². The first-order chi connectivity index (χ1) is 7.43. The van der Waals surface area contributed by atoms with E-state index in [1.54, 1.807) is 42.0 Å². The van der Waals surface area contributed by atoms with E-state index in [-0.39, 0.29) is 20.1 Å². The van der Waals surface area contributed by atoms with Crippen LogP contribution in [-0.2, 0) is 20.1 Å². The Morgan fingerprint density at radius 2 is 1.44 bits per heavy atom. The van der Waals surface area contributed by atoms with E-state index in [0.29, 0.717) is 12.0 Å². The van der Waals surface area contributed by atoms with Gasteiger partial charge >= 0.3 is 7.55 Å². The number of hydrogen-bond donors (Lipinski definition) is 0. The number of hydrogen-bond acceptors (Lipinski definition) is 6. The van der Waals surface area contributed by atoms with Crippen LogP contribution in [-0.4, -0.2) is 17.5 Å². The van der Waals surface area contributed by atoms with Crippen molar-refractivity contribution in [2.45, 2.75) is 0 Å². The maximum atomic E-state index is 5.14. The SMILES string of the molecule is [B]1N(c2ncco2)C=CN1c1ncco1.[Ir]. The molecule has 0 saturated heterocycles. The smallest absolute Gasteiger partial charge is 0.408 e. The van der Waals surface area contributed by atoms with Crippen molar-refractivity contribution < 1.29 is 28.9 Å². The molecule has 0 unspecified atom stereocenters. The molecule has 0 N–H and O–H groups in total. The molecule has 8 heteroatoms. The van der Waals surface area contributed by atoms with Gasteiger partial charge in [0.1, 0.15) is 12.5 Å². The summed E-state index contributed by atoms with van der Waals surface area (Å²) >= 11 is 0. The Morgan fingerprint density at radius 1 is 0.938 bits per heavy atom. The Kier molecular flexibility index (Phi) is 3.12. The van der Waals surface area contributed by atoms with Crippen molar-refractivity contribution in [2.75, 3.05) is 9.62 Å². The van der Waals surface area contributed by atoms with Crippen LogP contribution in [0.2, 0.25) is 0 Å². The fraction of sp³-hybridized carbons (Fsp3) is 0. The summed E-state index contributed by atoms with van der Waals surface area (Å²) in [6, 6.07) is 1.00. The Labute approximate surface area is 106 Å². The van der Waals surface area contributed by atoms with Crippen molar-refractivity contribution in [3.8, 4) is 0 Å². The van der Waals surface area contributed by atoms with Gasteiger partial charge in [-0.25, -0.2) is 9.97 Å². The number of rotatable bonds is 2. The predicted molar refractivity (Wildman–Crippen MR) is 52.9 cm³/mol. The Bertz CT molecular complexity index is 416. The zero-order chi connectivity index (χ0) is 10.1. The number of anilines is 2. The Morgan fingerprint density at radius 3 is 1.81 bits per heavy atom. The standard InChI is InChI=1S/C8H6BN4O2.Ir/c1-5-14-7(10-1)12-3-4-13(9-12)8-11-2-6-15-8;/h1-6H;. The van der Waals surface area contributed by atoms with Crippen molar-refractivity contribution in [1.29, 1.82) is 0 Å². The van der Waals surface area contributed by atoms with Crippen LogP contribution in [0.25, 0.3) is 0 Å². The van der Waals surface area contributed by atoms with E-state index in [9.17, 15) is 0 Å². The van der Waals surface area contributed by atoms with Crippen LogP contribution in [0.15, 0.2) is 46.2 Å². The van der Waals surface area contributed by atoms with Crippen molar-refractivity contribution in [3.63, 3.8) is 0 Å². The molecule has 82 valence electrons. The van der Waals surface area contributed by atoms with Gasteiger partial charge in [0.15, 0.2) is 0 Å². The van der Waals surface area contributed by atoms with Crippen LogP contribution in [0.4, 0.5) is 12.0 Å². The Hall–Kier alpha value is -1.53. The molecule has 0 bridgehead atoms. The monoisotopic (exact) mass is 394 g/mol. The summed E-state index contributed by atoms with van der Waals surface area (Å²) < 4.78 is 10.3. The minimum atomic E-state index is 0. The van der Waals surface area contributed by atoms with E-state index >= 15 is 0 Å². The number of nitrogens with zero attached hydrogens (tertiary/aromatic N) is 4. The van der Waals surface area contributed by atoms with Crippen LogP contribution in [0, 0.1) is 0 Å². The van der Waals surface area contributed by atoms with Gasteiger partial charge in [-0.2, -0.15) is 0 Å². The average Bonchev–Trinajstić information content (AvgIpc) is 3.02. The number of aromatic nitrogens is 2. The van der Waals surface area contributed by atoms with E-state index in [2.05, 4.69) is 9.97 Å². The molecule has 3 heterocycles. The number of oxazole rings is 2. The average molecular weight is 393 g/mol. The van der Waals surface area contributed by atoms with Gasteiger partial charge in [-0.3, -0.25) is 0 Å². The predicted octanol–water partition coefficient (Wildman–Crippen LogP) is 0.992. The second-order valence-corrected chi connectivity index (χ2v) is 2.86. The van der Waals surface area contributed by atoms with Crippen molar-refractivity contribution >= 4 is 19.6 Å². The molecule has 2 radical (unpaired) electrons. The van der Waals surface area contributed by atoms with E-state index in [1.165, 1.54) is 12.5 Å². The first kappa shape index (κ1) is 11.0. The first-order valence-corrected chi connectivity index (χ1v) is 4.32. The zero-order valence-corrected chi connectivity index (χ0v) is 10.4. The fourth-order valence-electron chi connectivity index (χ4n) is 1.27. The molecule has 16 heavy (non-hydrogen) atoms. The van der Waals surface area contributed by atoms with Crippen LogP contribution < -0.4 is 9.62 Å². The second kappa shape index (κ2) is 4.55. The summed E-state index contributed by atoms with van der Waals surface area (Å²) in [5.74, 6) is 0. The molecular formula is C8H6BIrN4O2. The molecule has 6 nitrogen and oxygen atoms in total. The molecule has 0 aromatic carbocycles. The molecular weight excluding hydrogens is 387 g/mol. The van der Waals surface area contributed by atoms with E-state index in [0.717, 1.165) is 0 Å². The van der Waals surface area contributed by atoms with Crippen molar-refractivity contribution in [1.82, 2.24) is 9.97 Å². The molecule has 1 aliphatic heterocycles. The molecule has 0 saturated carbocycles. The van der Waals surface area contributed by atoms with Gasteiger partial charge in [0.25, 0.3) is 12.0 Å². The van der Waals surface area contributed by atoms with Crippen molar-refractivity contribution in [2.24, 2.45) is 0 Å². The minimum Gasteiger partial charge on any atom is -0.433 e. The molecule has 0 aliphatic carbocycles. The largest absolute Gasteiger partial charge is 0.433 e. The molecule has 0 spiro atoms. The topological polar surface area (TPSA) is 58.5 Å². The third-order valence-corrected chi connectivity index (χ3v) is 1.92. The molecule has 0 amide bonds. The van der Waals surface area contributed by atoms with Gasteiger partial charge in [-0.05, 0) is 0 Å². The maximum absolute atomic E-state index is 5.14. The third-order valence-electron chi connectivity index (χ3n) is 1.92. The summed E-state index contributed by atoms with van der Waals surface area (Å²) in [7, 11) is 1.76. The van der Waals surface area contributed by atoms with E-state index < -0.39 is 0 Å². The van der Waals surface area contributed by atoms with Crippen molar-refractivity contribution in [3.05, 3.63) is 37.3 Å². The summed E-state index contributed by atoms with van der Waals surface area (Å²) in [6.45, 7) is 0. The Balaban J connectivity index is 0.000000963. The molecule has 1 aliphatic rings. The second-order valence-electron chi connectivity index (χ2n) is 2.86. The summed E-state index contributed by atoms with van der Waals surface area (Å²) in [4.78, 5) is 11.5. The minimum absolute atomic E-state index is 0. The van der Waals surface area contributed by atoms with Crippen LogP contribution in [0.3, 0.4) is 0 Å². The molecule has 0 atom stereocenters. The van der Waals surface area contributed by atoms with Gasteiger partial charge in [-0.1, -0.05) is 0 Å². The van der Waals surface area contributed by atoms with Crippen LogP contribution in [0.5, 0.6) is 0 Å². The maximum Gasteiger partial charge on any atom is 0.408 e. The van der Waals surface area contributed by atoms with Gasteiger partial charge in [-0.15, -0.1) is 0 Å². The summed E-state index contributed by atoms with van der Waals surface area (Å²) in [6.07, 6.45) is 9.82. The van der Waals surface area contributed by atoms with Gasteiger partial charge in [0, 0.05) is 32.5 Å². The zero-order valence-electron chi connectivity index (χ0n) is 7.98. The molecule has 2 aromatic heterocycles. The van der Waals surface area contributed by atoms with Gasteiger partial charge in [0.05, 0.1) is 12.4 Å². The summed E-state index contributed by atoms with van der Waals surface area (Å²) in [5, 5.41) is 0. The van der Waals surface area contributed by atoms with Gasteiger partial charge < -0.3 is 18.5 Å². The van der Waals surface area contributed by atoms with Crippen LogP contribution >= 0.6 is 0 Å². The van der Waals surface area contributed by atoms with E-state index in [4.69, 9.17) is 8.83 Å². The van der Waals surface area contributed by atoms with Gasteiger partial charge in [0.2, 0.25) is 0 Å². The normalized spacial score (nSPS) is 13.8. The molecule has 0 fully saturated rings. The fourth-order valence-corrected chi connectivity index (χ4v) is 1.27. The molecule has 2 aromatic rings.